The van der Waals surface area contributed by atoms with Gasteiger partial charge in [0.2, 0.25) is 0 Å². The Morgan fingerprint density at radius 3 is 2.55 bits per heavy atom. The van der Waals surface area contributed by atoms with Crippen molar-refractivity contribution in [3.63, 3.8) is 0 Å². The summed E-state index contributed by atoms with van der Waals surface area (Å²) in [5.41, 5.74) is 0. The molecule has 0 amide bonds. The molecule has 1 radical (unpaired) electrons. The van der Waals surface area contributed by atoms with Gasteiger partial charge in [0.25, 0.3) is 0 Å². The molecule has 59 valence electrons. The van der Waals surface area contributed by atoms with Crippen molar-refractivity contribution in [1.29, 1.82) is 0 Å². The summed E-state index contributed by atoms with van der Waals surface area (Å²) < 4.78 is 5.09. The Morgan fingerprint density at radius 2 is 2.00 bits per heavy atom. The van der Waals surface area contributed by atoms with Crippen LogP contribution in [0.4, 0.5) is 0 Å². The molecular weight excluding hydrogens is 183 g/mol. The lowest BCUT2D eigenvalue weighted by molar-refractivity contribution is 0.361. The molecule has 0 bridgehead atoms. The molecular formula is C8H7Cl2O. The van der Waals surface area contributed by atoms with Crippen molar-refractivity contribution >= 4 is 23.2 Å². The second-order valence-electron chi connectivity index (χ2n) is 1.92. The topological polar surface area (TPSA) is 9.23 Å². The second kappa shape index (κ2) is 3.84. The lowest BCUT2D eigenvalue weighted by Gasteiger charge is -2.02. The molecule has 0 aliphatic rings. The van der Waals surface area contributed by atoms with Crippen molar-refractivity contribution in [1.82, 2.24) is 0 Å². The normalized spacial score (nSPS) is 9.73. The van der Waals surface area contributed by atoms with E-state index in [1.807, 2.05) is 0 Å². The van der Waals surface area contributed by atoms with Crippen molar-refractivity contribution < 1.29 is 4.74 Å². The van der Waals surface area contributed by atoms with Crippen molar-refractivity contribution in [2.75, 3.05) is 6.61 Å². The highest BCUT2D eigenvalue weighted by molar-refractivity contribution is 6.42. The lowest BCUT2D eigenvalue weighted by atomic mass is 10.3. The van der Waals surface area contributed by atoms with Gasteiger partial charge in [-0.3, -0.25) is 0 Å². The van der Waals surface area contributed by atoms with E-state index in [1.165, 1.54) is 0 Å². The highest BCUT2D eigenvalue weighted by Gasteiger charge is 1.98. The van der Waals surface area contributed by atoms with Crippen LogP contribution in [-0.4, -0.2) is 6.61 Å². The first kappa shape index (κ1) is 8.69. The Hall–Kier alpha value is -0.400. The molecule has 0 aliphatic carbocycles. The molecule has 1 aromatic carbocycles. The minimum atomic E-state index is 0.387. The summed E-state index contributed by atoms with van der Waals surface area (Å²) in [6.45, 7) is 3.92. The quantitative estimate of drug-likeness (QED) is 0.695. The van der Waals surface area contributed by atoms with Gasteiger partial charge in [0, 0.05) is 6.07 Å². The van der Waals surface area contributed by atoms with Crippen LogP contribution < -0.4 is 4.74 Å². The molecule has 0 saturated heterocycles. The predicted octanol–water partition coefficient (Wildman–Crippen LogP) is 3.21. The molecule has 0 atom stereocenters. The molecule has 0 spiro atoms. The average Bonchev–Trinajstić information content (AvgIpc) is 1.98. The summed E-state index contributed by atoms with van der Waals surface area (Å²) in [5, 5.41) is 1.03. The maximum Gasteiger partial charge on any atom is 0.120 e. The van der Waals surface area contributed by atoms with Crippen molar-refractivity contribution in [3.05, 3.63) is 35.2 Å². The number of benzene rings is 1. The zero-order chi connectivity index (χ0) is 8.27. The Morgan fingerprint density at radius 1 is 1.27 bits per heavy atom. The fraction of sp³-hybridized carbons (Fsp3) is 0.125. The van der Waals surface area contributed by atoms with Crippen LogP contribution in [0.5, 0.6) is 5.75 Å². The molecule has 0 unspecified atom stereocenters. The van der Waals surface area contributed by atoms with E-state index in [4.69, 9.17) is 27.9 Å². The summed E-state index contributed by atoms with van der Waals surface area (Å²) in [5.74, 6) is 0.689. The first-order valence-corrected chi connectivity index (χ1v) is 3.86. The average molecular weight is 190 g/mol. The van der Waals surface area contributed by atoms with Crippen LogP contribution in [-0.2, 0) is 0 Å². The van der Waals surface area contributed by atoms with Crippen LogP contribution in [0, 0.1) is 6.92 Å². The molecule has 1 nitrogen and oxygen atoms in total. The molecule has 0 N–H and O–H groups in total. The van der Waals surface area contributed by atoms with E-state index in [0.29, 0.717) is 22.4 Å². The first-order valence-electron chi connectivity index (χ1n) is 3.11. The number of hydrogen-bond acceptors (Lipinski definition) is 1. The maximum absolute atomic E-state index is 5.72. The Bertz CT molecular complexity index is 248. The summed E-state index contributed by atoms with van der Waals surface area (Å²) in [7, 11) is 0. The van der Waals surface area contributed by atoms with Gasteiger partial charge >= 0.3 is 0 Å². The SMILES string of the molecule is [CH2]COc1ccc(Cl)c(Cl)c1. The van der Waals surface area contributed by atoms with Crippen molar-refractivity contribution in [2.45, 2.75) is 0 Å². The van der Waals surface area contributed by atoms with Gasteiger partial charge in [-0.2, -0.15) is 0 Å². The van der Waals surface area contributed by atoms with Crippen LogP contribution in [0.15, 0.2) is 18.2 Å². The van der Waals surface area contributed by atoms with Gasteiger partial charge in [-0.05, 0) is 19.1 Å². The fourth-order valence-corrected chi connectivity index (χ4v) is 0.973. The van der Waals surface area contributed by atoms with Gasteiger partial charge in [-0.25, -0.2) is 0 Å². The second-order valence-corrected chi connectivity index (χ2v) is 2.74. The molecule has 1 rings (SSSR count). The van der Waals surface area contributed by atoms with Crippen LogP contribution in [0.2, 0.25) is 10.0 Å². The van der Waals surface area contributed by atoms with Crippen molar-refractivity contribution in [2.24, 2.45) is 0 Å². The largest absolute Gasteiger partial charge is 0.494 e. The Labute approximate surface area is 75.9 Å². The van der Waals surface area contributed by atoms with E-state index in [2.05, 4.69) is 6.92 Å². The van der Waals surface area contributed by atoms with E-state index in [-0.39, 0.29) is 0 Å². The zero-order valence-corrected chi connectivity index (χ0v) is 7.32. The number of hydrogen-bond donors (Lipinski definition) is 0. The molecule has 0 fully saturated rings. The minimum Gasteiger partial charge on any atom is -0.494 e. The Balaban J connectivity index is 2.86. The van der Waals surface area contributed by atoms with Crippen LogP contribution >= 0.6 is 23.2 Å². The van der Waals surface area contributed by atoms with E-state index < -0.39 is 0 Å². The molecule has 0 aromatic heterocycles. The standard InChI is InChI=1S/C8H7Cl2O/c1-2-11-6-3-4-7(9)8(10)5-6/h3-5H,1-2H2. The van der Waals surface area contributed by atoms with Crippen molar-refractivity contribution in [3.8, 4) is 5.75 Å². The highest BCUT2D eigenvalue weighted by Crippen LogP contribution is 2.25. The molecule has 0 heterocycles. The third-order valence-corrected chi connectivity index (χ3v) is 1.90. The summed E-state index contributed by atoms with van der Waals surface area (Å²) in [6.07, 6.45) is 0. The van der Waals surface area contributed by atoms with Gasteiger partial charge in [0.1, 0.15) is 5.75 Å². The summed E-state index contributed by atoms with van der Waals surface area (Å²) in [4.78, 5) is 0. The van der Waals surface area contributed by atoms with Gasteiger partial charge in [0.05, 0.1) is 16.7 Å². The number of ether oxygens (including phenoxy) is 1. The molecule has 0 aliphatic heterocycles. The monoisotopic (exact) mass is 189 g/mol. The molecule has 3 heteroatoms. The van der Waals surface area contributed by atoms with Crippen LogP contribution in [0.3, 0.4) is 0 Å². The predicted molar refractivity (Wildman–Crippen MR) is 47.3 cm³/mol. The summed E-state index contributed by atoms with van der Waals surface area (Å²) >= 11 is 11.4. The molecule has 0 saturated carbocycles. The first-order chi connectivity index (χ1) is 5.24. The summed E-state index contributed by atoms with van der Waals surface area (Å²) in [6, 6.07) is 5.10. The van der Waals surface area contributed by atoms with Gasteiger partial charge in [0.15, 0.2) is 0 Å². The fourth-order valence-electron chi connectivity index (χ4n) is 0.684. The van der Waals surface area contributed by atoms with Gasteiger partial charge in [-0.1, -0.05) is 23.2 Å². The lowest BCUT2D eigenvalue weighted by Crippen LogP contribution is -1.90. The van der Waals surface area contributed by atoms with E-state index >= 15 is 0 Å². The maximum atomic E-state index is 5.72. The zero-order valence-electron chi connectivity index (χ0n) is 5.81. The van der Waals surface area contributed by atoms with E-state index in [1.54, 1.807) is 18.2 Å². The van der Waals surface area contributed by atoms with E-state index in [0.717, 1.165) is 0 Å². The Kier molecular flexibility index (Phi) is 3.03. The van der Waals surface area contributed by atoms with Gasteiger partial charge in [-0.15, -0.1) is 0 Å². The number of rotatable bonds is 2. The minimum absolute atomic E-state index is 0.387. The highest BCUT2D eigenvalue weighted by atomic mass is 35.5. The third kappa shape index (κ3) is 2.28. The molecule has 11 heavy (non-hydrogen) atoms. The smallest absolute Gasteiger partial charge is 0.120 e. The van der Waals surface area contributed by atoms with Crippen LogP contribution in [0.1, 0.15) is 0 Å². The number of halogens is 2. The molecule has 1 aromatic rings. The third-order valence-electron chi connectivity index (χ3n) is 1.16. The van der Waals surface area contributed by atoms with Crippen LogP contribution in [0.25, 0.3) is 0 Å². The van der Waals surface area contributed by atoms with Gasteiger partial charge < -0.3 is 4.74 Å². The van der Waals surface area contributed by atoms with E-state index in [9.17, 15) is 0 Å².